The standard InChI is InChI=1S/C13H24N4O5/c1-4-7(2)11(14)13(22)15-5-9(18)17-8(3)12(21)16-6-10(19)20/h7-8,11H,4-6,14H2,1-3H3,(H,15,22)(H,16,21)(H,17,18)(H,19,20)/t7-,8-,11-/m0/s1. The van der Waals surface area contributed by atoms with E-state index in [0.717, 1.165) is 6.42 Å². The lowest BCUT2D eigenvalue weighted by Gasteiger charge is -2.18. The first-order chi connectivity index (χ1) is 10.2. The van der Waals surface area contributed by atoms with Gasteiger partial charge in [-0.1, -0.05) is 20.3 Å². The van der Waals surface area contributed by atoms with Crippen molar-refractivity contribution in [3.63, 3.8) is 0 Å². The highest BCUT2D eigenvalue weighted by Gasteiger charge is 2.21. The molecule has 0 aliphatic heterocycles. The summed E-state index contributed by atoms with van der Waals surface area (Å²) < 4.78 is 0. The molecule has 0 spiro atoms. The van der Waals surface area contributed by atoms with Crippen LogP contribution in [0.3, 0.4) is 0 Å². The van der Waals surface area contributed by atoms with E-state index in [9.17, 15) is 19.2 Å². The Labute approximate surface area is 129 Å². The van der Waals surface area contributed by atoms with Crippen molar-refractivity contribution in [3.05, 3.63) is 0 Å². The summed E-state index contributed by atoms with van der Waals surface area (Å²) in [4.78, 5) is 45.1. The van der Waals surface area contributed by atoms with Gasteiger partial charge in [0.2, 0.25) is 17.7 Å². The maximum atomic E-state index is 11.7. The minimum atomic E-state index is -1.18. The van der Waals surface area contributed by atoms with Gasteiger partial charge in [-0.25, -0.2) is 0 Å². The minimum absolute atomic E-state index is 0.0104. The van der Waals surface area contributed by atoms with E-state index in [4.69, 9.17) is 10.8 Å². The quantitative estimate of drug-likeness (QED) is 0.338. The van der Waals surface area contributed by atoms with E-state index in [-0.39, 0.29) is 12.5 Å². The van der Waals surface area contributed by atoms with Crippen molar-refractivity contribution in [2.24, 2.45) is 11.7 Å². The number of nitrogens with two attached hydrogens (primary N) is 1. The molecule has 0 unspecified atom stereocenters. The SMILES string of the molecule is CC[C@H](C)[C@H](N)C(=O)NCC(=O)N[C@@H](C)C(=O)NCC(=O)O. The van der Waals surface area contributed by atoms with Crippen molar-refractivity contribution in [2.75, 3.05) is 13.1 Å². The van der Waals surface area contributed by atoms with Gasteiger partial charge in [0, 0.05) is 0 Å². The van der Waals surface area contributed by atoms with Gasteiger partial charge in [0.1, 0.15) is 12.6 Å². The lowest BCUT2D eigenvalue weighted by atomic mass is 9.99. The van der Waals surface area contributed by atoms with E-state index in [1.807, 2.05) is 13.8 Å². The first kappa shape index (κ1) is 19.8. The van der Waals surface area contributed by atoms with Crippen LogP contribution in [-0.2, 0) is 19.2 Å². The van der Waals surface area contributed by atoms with E-state index in [0.29, 0.717) is 0 Å². The van der Waals surface area contributed by atoms with Crippen LogP contribution in [0, 0.1) is 5.92 Å². The van der Waals surface area contributed by atoms with Crippen LogP contribution >= 0.6 is 0 Å². The fourth-order valence-corrected chi connectivity index (χ4v) is 1.47. The fraction of sp³-hybridized carbons (Fsp3) is 0.692. The lowest BCUT2D eigenvalue weighted by molar-refractivity contribution is -0.138. The number of aliphatic carboxylic acids is 1. The number of nitrogens with one attached hydrogen (secondary N) is 3. The Morgan fingerprint density at radius 3 is 2.09 bits per heavy atom. The molecule has 9 nitrogen and oxygen atoms in total. The van der Waals surface area contributed by atoms with E-state index in [1.54, 1.807) is 0 Å². The van der Waals surface area contributed by atoms with E-state index in [1.165, 1.54) is 6.92 Å². The number of amides is 3. The van der Waals surface area contributed by atoms with Crippen LogP contribution in [0.2, 0.25) is 0 Å². The first-order valence-corrected chi connectivity index (χ1v) is 7.01. The maximum Gasteiger partial charge on any atom is 0.322 e. The molecule has 0 aliphatic carbocycles. The molecular formula is C13H24N4O5. The van der Waals surface area contributed by atoms with Gasteiger partial charge >= 0.3 is 5.97 Å². The Morgan fingerprint density at radius 1 is 1.05 bits per heavy atom. The van der Waals surface area contributed by atoms with Gasteiger partial charge in [-0.05, 0) is 12.8 Å². The molecule has 126 valence electrons. The fourth-order valence-electron chi connectivity index (χ4n) is 1.47. The molecule has 0 fully saturated rings. The lowest BCUT2D eigenvalue weighted by Crippen LogP contribution is -2.51. The largest absolute Gasteiger partial charge is 0.480 e. The number of carbonyl (C=O) groups is 4. The summed E-state index contributed by atoms with van der Waals surface area (Å²) in [7, 11) is 0. The zero-order chi connectivity index (χ0) is 17.3. The van der Waals surface area contributed by atoms with Crippen LogP contribution in [0.1, 0.15) is 27.2 Å². The molecule has 0 aromatic rings. The van der Waals surface area contributed by atoms with Gasteiger partial charge in [-0.3, -0.25) is 19.2 Å². The van der Waals surface area contributed by atoms with Crippen LogP contribution in [0.25, 0.3) is 0 Å². The highest BCUT2D eigenvalue weighted by molar-refractivity contribution is 5.91. The smallest absolute Gasteiger partial charge is 0.322 e. The molecule has 3 amide bonds. The number of hydrogen-bond donors (Lipinski definition) is 5. The van der Waals surface area contributed by atoms with Crippen molar-refractivity contribution in [3.8, 4) is 0 Å². The molecule has 0 bridgehead atoms. The third kappa shape index (κ3) is 7.58. The monoisotopic (exact) mass is 316 g/mol. The normalized spacial score (nSPS) is 14.4. The van der Waals surface area contributed by atoms with Crippen molar-refractivity contribution in [1.29, 1.82) is 0 Å². The molecule has 9 heteroatoms. The average Bonchev–Trinajstić information content (AvgIpc) is 2.48. The highest BCUT2D eigenvalue weighted by atomic mass is 16.4. The summed E-state index contributed by atoms with van der Waals surface area (Å²) in [6, 6.07) is -1.61. The van der Waals surface area contributed by atoms with Crippen molar-refractivity contribution < 1.29 is 24.3 Å². The molecular weight excluding hydrogens is 292 g/mol. The summed E-state index contributed by atoms with van der Waals surface area (Å²) in [5, 5.41) is 15.3. The van der Waals surface area contributed by atoms with Crippen molar-refractivity contribution in [2.45, 2.75) is 39.3 Å². The highest BCUT2D eigenvalue weighted by Crippen LogP contribution is 2.04. The first-order valence-electron chi connectivity index (χ1n) is 7.01. The zero-order valence-corrected chi connectivity index (χ0v) is 13.0. The molecule has 0 rings (SSSR count). The summed E-state index contributed by atoms with van der Waals surface area (Å²) in [6.45, 7) is 4.31. The zero-order valence-electron chi connectivity index (χ0n) is 13.0. The van der Waals surface area contributed by atoms with Gasteiger partial charge in [0.25, 0.3) is 0 Å². The third-order valence-corrected chi connectivity index (χ3v) is 3.17. The van der Waals surface area contributed by atoms with Gasteiger partial charge in [-0.15, -0.1) is 0 Å². The van der Waals surface area contributed by atoms with Gasteiger partial charge in [0.05, 0.1) is 12.6 Å². The second kappa shape index (κ2) is 9.72. The molecule has 22 heavy (non-hydrogen) atoms. The molecule has 3 atom stereocenters. The Morgan fingerprint density at radius 2 is 1.59 bits per heavy atom. The van der Waals surface area contributed by atoms with Crippen LogP contribution < -0.4 is 21.7 Å². The molecule has 6 N–H and O–H groups in total. The van der Waals surface area contributed by atoms with E-state index >= 15 is 0 Å². The predicted octanol–water partition coefficient (Wildman–Crippen LogP) is -1.82. The van der Waals surface area contributed by atoms with Crippen LogP contribution in [0.15, 0.2) is 0 Å². The number of carboxylic acids is 1. The topological polar surface area (TPSA) is 151 Å². The maximum absolute atomic E-state index is 11.7. The van der Waals surface area contributed by atoms with E-state index < -0.39 is 42.3 Å². The average molecular weight is 316 g/mol. The Kier molecular flexibility index (Phi) is 8.76. The Bertz CT molecular complexity index is 427. The van der Waals surface area contributed by atoms with Crippen molar-refractivity contribution in [1.82, 2.24) is 16.0 Å². The summed E-state index contributed by atoms with van der Waals surface area (Å²) in [5.74, 6) is -2.82. The van der Waals surface area contributed by atoms with Gasteiger partial charge in [-0.2, -0.15) is 0 Å². The van der Waals surface area contributed by atoms with Crippen molar-refractivity contribution >= 4 is 23.7 Å². The summed E-state index contributed by atoms with van der Waals surface area (Å²) >= 11 is 0. The minimum Gasteiger partial charge on any atom is -0.480 e. The number of carbonyl (C=O) groups excluding carboxylic acids is 3. The Balaban J connectivity index is 4.15. The third-order valence-electron chi connectivity index (χ3n) is 3.17. The number of rotatable bonds is 9. The molecule has 0 aromatic carbocycles. The van der Waals surface area contributed by atoms with E-state index in [2.05, 4.69) is 16.0 Å². The second-order valence-electron chi connectivity index (χ2n) is 5.03. The van der Waals surface area contributed by atoms with Gasteiger partial charge < -0.3 is 26.8 Å². The molecule has 0 heterocycles. The molecule has 0 aliphatic rings. The predicted molar refractivity (Wildman–Crippen MR) is 78.7 cm³/mol. The summed E-state index contributed by atoms with van der Waals surface area (Å²) in [5.41, 5.74) is 5.71. The molecule has 0 aromatic heterocycles. The Hall–Kier alpha value is -2.16. The molecule has 0 saturated heterocycles. The number of carboxylic acid groups (broad SMARTS) is 1. The second-order valence-corrected chi connectivity index (χ2v) is 5.03. The van der Waals surface area contributed by atoms with Crippen LogP contribution in [0.5, 0.6) is 0 Å². The van der Waals surface area contributed by atoms with Crippen LogP contribution in [0.4, 0.5) is 0 Å². The molecule has 0 radical (unpaired) electrons. The number of hydrogen-bond acceptors (Lipinski definition) is 5. The van der Waals surface area contributed by atoms with Gasteiger partial charge in [0.15, 0.2) is 0 Å². The summed E-state index contributed by atoms with van der Waals surface area (Å²) in [6.07, 6.45) is 0.738. The van der Waals surface area contributed by atoms with Crippen LogP contribution in [-0.4, -0.2) is 54.0 Å². The molecule has 0 saturated carbocycles.